The number of thiocarbonyl (C=S) groups is 2. The van der Waals surface area contributed by atoms with E-state index in [0.717, 1.165) is 55.2 Å². The van der Waals surface area contributed by atoms with Crippen LogP contribution in [0.3, 0.4) is 0 Å². The number of benzene rings is 2. The van der Waals surface area contributed by atoms with Crippen molar-refractivity contribution >= 4 is 57.8 Å². The normalized spacial score (nSPS) is 14.4. The van der Waals surface area contributed by atoms with Gasteiger partial charge >= 0.3 is 0 Å². The third-order valence-electron chi connectivity index (χ3n) is 5.16. The molecule has 0 amide bonds. The van der Waals surface area contributed by atoms with Gasteiger partial charge in [-0.3, -0.25) is 10.9 Å². The van der Waals surface area contributed by atoms with Gasteiger partial charge in [-0.1, -0.05) is 42.5 Å². The summed E-state index contributed by atoms with van der Waals surface area (Å²) < 4.78 is 5.49. The van der Waals surface area contributed by atoms with Gasteiger partial charge in [0.05, 0.1) is 18.9 Å². The molecule has 0 bridgehead atoms. The maximum Gasteiger partial charge on any atom is 0.192 e. The Balaban J connectivity index is 2.02. The summed E-state index contributed by atoms with van der Waals surface area (Å²) in [7, 11) is 0. The molecule has 0 saturated carbocycles. The zero-order chi connectivity index (χ0) is 24.2. The number of hydrogen-bond acceptors (Lipinski definition) is 5. The zero-order valence-corrected chi connectivity index (χ0v) is 21.3. The highest BCUT2D eigenvalue weighted by atomic mass is 32.1. The van der Waals surface area contributed by atoms with Crippen LogP contribution in [0.15, 0.2) is 59.6 Å². The molecule has 2 aromatic rings. The van der Waals surface area contributed by atoms with E-state index in [1.54, 1.807) is 6.21 Å². The Morgan fingerprint density at radius 2 is 1.59 bits per heavy atom. The molecule has 0 aliphatic carbocycles. The number of nitrogens with zero attached hydrogens (tertiary/aromatic N) is 2. The molecule has 1 aliphatic heterocycles. The molecular formula is C25H32N6OS2. The van der Waals surface area contributed by atoms with Gasteiger partial charge in [0, 0.05) is 49.2 Å². The van der Waals surface area contributed by atoms with Crippen molar-refractivity contribution in [1.29, 1.82) is 0 Å². The average molecular weight is 497 g/mol. The van der Waals surface area contributed by atoms with Crippen molar-refractivity contribution in [2.75, 3.05) is 44.3 Å². The molecule has 1 aliphatic rings. The van der Waals surface area contributed by atoms with Crippen LogP contribution in [0.25, 0.3) is 11.3 Å². The number of nitrogens with one attached hydrogen (secondary N) is 4. The third-order valence-corrected chi connectivity index (χ3v) is 5.66. The SMILES string of the molecule is CCNC(=S)N=CC(=C(NNC(=S)NCC)c1ccccc1)c1ccc(N2CCOCC2)cc1. The van der Waals surface area contributed by atoms with Crippen molar-refractivity contribution in [1.82, 2.24) is 21.5 Å². The van der Waals surface area contributed by atoms with Crippen LogP contribution < -0.4 is 26.4 Å². The van der Waals surface area contributed by atoms with Crippen molar-refractivity contribution in [3.8, 4) is 0 Å². The van der Waals surface area contributed by atoms with Crippen LogP contribution in [-0.4, -0.2) is 55.8 Å². The van der Waals surface area contributed by atoms with Crippen molar-refractivity contribution < 1.29 is 4.74 Å². The fourth-order valence-corrected chi connectivity index (χ4v) is 3.89. The molecule has 9 heteroatoms. The number of hydrogen-bond donors (Lipinski definition) is 4. The summed E-state index contributed by atoms with van der Waals surface area (Å²) in [5.41, 5.74) is 11.3. The van der Waals surface area contributed by atoms with E-state index in [-0.39, 0.29) is 0 Å². The maximum atomic E-state index is 5.49. The van der Waals surface area contributed by atoms with Gasteiger partial charge in [-0.2, -0.15) is 0 Å². The van der Waals surface area contributed by atoms with E-state index in [2.05, 4.69) is 55.6 Å². The summed E-state index contributed by atoms with van der Waals surface area (Å²) in [5.74, 6) is 0. The highest BCUT2D eigenvalue weighted by molar-refractivity contribution is 7.80. The first-order valence-electron chi connectivity index (χ1n) is 11.5. The summed E-state index contributed by atoms with van der Waals surface area (Å²) in [6, 6.07) is 18.6. The third kappa shape index (κ3) is 7.51. The summed E-state index contributed by atoms with van der Waals surface area (Å²) in [6.07, 6.45) is 1.79. The molecule has 4 N–H and O–H groups in total. The zero-order valence-electron chi connectivity index (χ0n) is 19.6. The number of aliphatic imine (C=N–C) groups is 1. The van der Waals surface area contributed by atoms with Gasteiger partial charge in [0.2, 0.25) is 0 Å². The van der Waals surface area contributed by atoms with Gasteiger partial charge < -0.3 is 20.3 Å². The van der Waals surface area contributed by atoms with E-state index in [1.165, 1.54) is 5.69 Å². The molecule has 0 unspecified atom stereocenters. The van der Waals surface area contributed by atoms with Crippen LogP contribution in [0, 0.1) is 0 Å². The van der Waals surface area contributed by atoms with E-state index >= 15 is 0 Å². The second kappa shape index (κ2) is 13.6. The van der Waals surface area contributed by atoms with Gasteiger partial charge in [-0.15, -0.1) is 0 Å². The molecule has 180 valence electrons. The topological polar surface area (TPSA) is 73.0 Å². The Labute approximate surface area is 212 Å². The summed E-state index contributed by atoms with van der Waals surface area (Å²) >= 11 is 10.7. The molecule has 0 radical (unpaired) electrons. The standard InChI is InChI=1S/C25H32N6OS2/c1-3-26-24(33)28-18-22(19-10-12-21(13-11-19)31-14-16-32-17-15-31)23(20-8-6-5-7-9-20)29-30-25(34)27-4-2/h5-13,18,29H,3-4,14-17H2,1-2H3,(H,26,33)(H2,27,30,34). The van der Waals surface area contributed by atoms with Crippen molar-refractivity contribution in [2.24, 2.45) is 4.99 Å². The number of morpholine rings is 1. The number of allylic oxidation sites excluding steroid dienone is 1. The lowest BCUT2D eigenvalue weighted by molar-refractivity contribution is 0.122. The summed E-state index contributed by atoms with van der Waals surface area (Å²) in [4.78, 5) is 6.84. The van der Waals surface area contributed by atoms with Crippen LogP contribution in [0.2, 0.25) is 0 Å². The molecular weight excluding hydrogens is 464 g/mol. The average Bonchev–Trinajstić information content (AvgIpc) is 2.87. The predicted molar refractivity (Wildman–Crippen MR) is 150 cm³/mol. The van der Waals surface area contributed by atoms with Crippen molar-refractivity contribution in [3.05, 3.63) is 65.7 Å². The second-order valence-electron chi connectivity index (χ2n) is 7.50. The monoisotopic (exact) mass is 496 g/mol. The van der Waals surface area contributed by atoms with Crippen LogP contribution >= 0.6 is 24.4 Å². The second-order valence-corrected chi connectivity index (χ2v) is 8.30. The van der Waals surface area contributed by atoms with Gasteiger partial charge in [0.15, 0.2) is 10.2 Å². The van der Waals surface area contributed by atoms with E-state index in [4.69, 9.17) is 29.2 Å². The molecule has 34 heavy (non-hydrogen) atoms. The van der Waals surface area contributed by atoms with Crippen molar-refractivity contribution in [3.63, 3.8) is 0 Å². The fraction of sp³-hybridized carbons (Fsp3) is 0.320. The Kier molecular flexibility index (Phi) is 10.3. The van der Waals surface area contributed by atoms with Gasteiger partial charge in [0.25, 0.3) is 0 Å². The lowest BCUT2D eigenvalue weighted by atomic mass is 10.00. The fourth-order valence-electron chi connectivity index (χ4n) is 3.50. The minimum Gasteiger partial charge on any atom is -0.378 e. The number of ether oxygens (including phenoxy) is 1. The molecule has 0 atom stereocenters. The first-order chi connectivity index (χ1) is 16.6. The summed E-state index contributed by atoms with van der Waals surface area (Å²) in [5, 5.41) is 7.12. The van der Waals surface area contributed by atoms with Gasteiger partial charge in [0.1, 0.15) is 0 Å². The largest absolute Gasteiger partial charge is 0.378 e. The quantitative estimate of drug-likeness (QED) is 0.192. The van der Waals surface area contributed by atoms with Crippen molar-refractivity contribution in [2.45, 2.75) is 13.8 Å². The molecule has 1 fully saturated rings. The molecule has 7 nitrogen and oxygen atoms in total. The Bertz CT molecular complexity index is 1000. The first-order valence-corrected chi connectivity index (χ1v) is 12.3. The van der Waals surface area contributed by atoms with Gasteiger partial charge in [-0.05, 0) is 56.0 Å². The first kappa shape index (κ1) is 25.6. The molecule has 1 heterocycles. The van der Waals surface area contributed by atoms with Gasteiger partial charge in [-0.25, -0.2) is 4.99 Å². The van der Waals surface area contributed by atoms with E-state index in [9.17, 15) is 0 Å². The Morgan fingerprint density at radius 3 is 2.24 bits per heavy atom. The summed E-state index contributed by atoms with van der Waals surface area (Å²) in [6.45, 7) is 8.72. The molecule has 3 rings (SSSR count). The van der Waals surface area contributed by atoms with E-state index in [1.807, 2.05) is 44.2 Å². The molecule has 1 saturated heterocycles. The minimum atomic E-state index is 0.438. The molecule has 0 spiro atoms. The Morgan fingerprint density at radius 1 is 0.912 bits per heavy atom. The Hall–Kier alpha value is -3.01. The number of anilines is 1. The lowest BCUT2D eigenvalue weighted by Crippen LogP contribution is -2.43. The van der Waals surface area contributed by atoms with Crippen LogP contribution in [-0.2, 0) is 4.74 Å². The lowest BCUT2D eigenvalue weighted by Gasteiger charge is -2.29. The number of hydrazine groups is 1. The predicted octanol–water partition coefficient (Wildman–Crippen LogP) is 3.35. The molecule has 2 aromatic carbocycles. The molecule has 0 aromatic heterocycles. The van der Waals surface area contributed by atoms with Crippen LogP contribution in [0.1, 0.15) is 25.0 Å². The smallest absolute Gasteiger partial charge is 0.192 e. The highest BCUT2D eigenvalue weighted by Gasteiger charge is 2.14. The number of rotatable bonds is 8. The maximum absolute atomic E-state index is 5.49. The highest BCUT2D eigenvalue weighted by Crippen LogP contribution is 2.26. The van der Waals surface area contributed by atoms with E-state index < -0.39 is 0 Å². The van der Waals surface area contributed by atoms with Crippen LogP contribution in [0.5, 0.6) is 0 Å². The van der Waals surface area contributed by atoms with E-state index in [0.29, 0.717) is 16.8 Å². The minimum absolute atomic E-state index is 0.438. The van der Waals surface area contributed by atoms with Crippen LogP contribution in [0.4, 0.5) is 5.69 Å².